The summed E-state index contributed by atoms with van der Waals surface area (Å²) >= 11 is 1.30. The second-order valence-corrected chi connectivity index (χ2v) is 5.48. The van der Waals surface area contributed by atoms with E-state index >= 15 is 0 Å². The van der Waals surface area contributed by atoms with E-state index in [4.69, 9.17) is 5.11 Å². The zero-order valence-electron chi connectivity index (χ0n) is 11.3. The van der Waals surface area contributed by atoms with Crippen LogP contribution in [0.4, 0.5) is 4.39 Å². The second-order valence-electron chi connectivity index (χ2n) is 4.34. The van der Waals surface area contributed by atoms with Crippen LogP contribution in [0.5, 0.6) is 0 Å². The smallest absolute Gasteiger partial charge is 0.303 e. The highest BCUT2D eigenvalue weighted by Crippen LogP contribution is 2.21. The van der Waals surface area contributed by atoms with Crippen molar-refractivity contribution in [1.29, 1.82) is 0 Å². The molecule has 0 saturated heterocycles. The van der Waals surface area contributed by atoms with Crippen LogP contribution in [0.1, 0.15) is 19.3 Å². The zero-order chi connectivity index (χ0) is 15.0. The summed E-state index contributed by atoms with van der Waals surface area (Å²) in [6.45, 7) is 0.426. The third-order valence-corrected chi connectivity index (χ3v) is 3.77. The number of benzene rings is 1. The van der Waals surface area contributed by atoms with Crippen LogP contribution in [0.3, 0.4) is 0 Å². The first-order chi connectivity index (χ1) is 9.50. The second kappa shape index (κ2) is 8.58. The summed E-state index contributed by atoms with van der Waals surface area (Å²) in [5.74, 6) is -0.691. The number of carbonyl (C=O) groups is 2. The molecule has 1 rings (SSSR count). The minimum atomic E-state index is -0.860. The summed E-state index contributed by atoms with van der Waals surface area (Å²) in [6, 6.07) is 6.45. The van der Waals surface area contributed by atoms with Crippen LogP contribution in [0.15, 0.2) is 29.2 Å². The summed E-state index contributed by atoms with van der Waals surface area (Å²) in [5.41, 5.74) is 0. The van der Waals surface area contributed by atoms with Gasteiger partial charge in [-0.25, -0.2) is 4.39 Å². The van der Waals surface area contributed by atoms with E-state index < -0.39 is 5.97 Å². The topological polar surface area (TPSA) is 57.6 Å². The minimum Gasteiger partial charge on any atom is -0.481 e. The number of carbonyl (C=O) groups excluding carboxylic acids is 1. The maximum Gasteiger partial charge on any atom is 0.303 e. The van der Waals surface area contributed by atoms with Gasteiger partial charge in [-0.1, -0.05) is 12.1 Å². The van der Waals surface area contributed by atoms with Gasteiger partial charge in [-0.2, -0.15) is 0 Å². The van der Waals surface area contributed by atoms with Crippen LogP contribution in [0, 0.1) is 5.82 Å². The van der Waals surface area contributed by atoms with E-state index in [1.165, 1.54) is 22.7 Å². The lowest BCUT2D eigenvalue weighted by Crippen LogP contribution is -2.28. The molecule has 6 heteroatoms. The fourth-order valence-electron chi connectivity index (χ4n) is 1.59. The molecule has 0 aliphatic heterocycles. The minimum absolute atomic E-state index is 0.0563. The maximum absolute atomic E-state index is 13.3. The molecule has 0 radical (unpaired) electrons. The first kappa shape index (κ1) is 16.5. The molecule has 20 heavy (non-hydrogen) atoms. The van der Waals surface area contributed by atoms with Gasteiger partial charge in [0.05, 0.1) is 0 Å². The Labute approximate surface area is 122 Å². The van der Waals surface area contributed by atoms with Crippen molar-refractivity contribution in [1.82, 2.24) is 4.90 Å². The highest BCUT2D eigenvalue weighted by Gasteiger charge is 2.10. The average molecular weight is 299 g/mol. The van der Waals surface area contributed by atoms with E-state index in [0.717, 1.165) is 0 Å². The molecule has 0 saturated carbocycles. The number of nitrogens with zero attached hydrogens (tertiary/aromatic N) is 1. The Hall–Kier alpha value is -1.56. The Kier molecular flexibility index (Phi) is 7.08. The number of halogens is 1. The number of carboxylic acid groups (broad SMARTS) is 1. The number of hydrogen-bond donors (Lipinski definition) is 1. The zero-order valence-corrected chi connectivity index (χ0v) is 12.2. The van der Waals surface area contributed by atoms with Gasteiger partial charge in [-0.3, -0.25) is 9.59 Å². The van der Waals surface area contributed by atoms with Gasteiger partial charge in [0.2, 0.25) is 5.91 Å². The highest BCUT2D eigenvalue weighted by molar-refractivity contribution is 7.99. The van der Waals surface area contributed by atoms with Crippen molar-refractivity contribution in [2.24, 2.45) is 0 Å². The summed E-state index contributed by atoms with van der Waals surface area (Å²) in [7, 11) is 1.65. The van der Waals surface area contributed by atoms with Gasteiger partial charge in [-0.15, -0.1) is 11.8 Å². The molecule has 4 nitrogen and oxygen atoms in total. The van der Waals surface area contributed by atoms with Crippen molar-refractivity contribution in [3.63, 3.8) is 0 Å². The first-order valence-corrected chi connectivity index (χ1v) is 7.32. The lowest BCUT2D eigenvalue weighted by Gasteiger charge is -2.16. The summed E-state index contributed by atoms with van der Waals surface area (Å²) < 4.78 is 13.3. The molecule has 0 heterocycles. The number of thioether (sulfide) groups is 1. The largest absolute Gasteiger partial charge is 0.481 e. The van der Waals surface area contributed by atoms with E-state index in [2.05, 4.69) is 0 Å². The lowest BCUT2D eigenvalue weighted by molar-refractivity contribution is -0.138. The monoisotopic (exact) mass is 299 g/mol. The molecule has 0 spiro atoms. The average Bonchev–Trinajstić information content (AvgIpc) is 2.40. The molecular formula is C14H18FNO3S. The number of aliphatic carboxylic acids is 1. The SMILES string of the molecule is CN(CCCC(=O)O)C(=O)CCSc1ccccc1F. The van der Waals surface area contributed by atoms with Gasteiger partial charge in [0.25, 0.3) is 0 Å². The van der Waals surface area contributed by atoms with E-state index in [1.54, 1.807) is 25.2 Å². The van der Waals surface area contributed by atoms with Crippen LogP contribution < -0.4 is 0 Å². The van der Waals surface area contributed by atoms with Crippen LogP contribution in [0.2, 0.25) is 0 Å². The van der Waals surface area contributed by atoms with Crippen LogP contribution in [-0.4, -0.2) is 41.2 Å². The van der Waals surface area contributed by atoms with Crippen molar-refractivity contribution < 1.29 is 19.1 Å². The summed E-state index contributed by atoms with van der Waals surface area (Å²) in [6.07, 6.45) is 0.808. The van der Waals surface area contributed by atoms with E-state index in [1.807, 2.05) is 0 Å². The van der Waals surface area contributed by atoms with Crippen molar-refractivity contribution >= 4 is 23.6 Å². The van der Waals surface area contributed by atoms with Gasteiger partial charge in [0, 0.05) is 37.1 Å². The molecule has 0 aliphatic rings. The molecule has 1 amide bonds. The molecular weight excluding hydrogens is 281 g/mol. The number of amides is 1. The Bertz CT molecular complexity index is 467. The van der Waals surface area contributed by atoms with Gasteiger partial charge < -0.3 is 10.0 Å². The molecule has 0 atom stereocenters. The number of carboxylic acids is 1. The van der Waals surface area contributed by atoms with Crippen LogP contribution in [-0.2, 0) is 9.59 Å². The van der Waals surface area contributed by atoms with Crippen LogP contribution >= 0.6 is 11.8 Å². The quantitative estimate of drug-likeness (QED) is 0.750. The van der Waals surface area contributed by atoms with Crippen molar-refractivity contribution in [3.05, 3.63) is 30.1 Å². The molecule has 0 aromatic heterocycles. The molecule has 1 aromatic rings. The Morgan fingerprint density at radius 3 is 2.65 bits per heavy atom. The highest BCUT2D eigenvalue weighted by atomic mass is 32.2. The van der Waals surface area contributed by atoms with Gasteiger partial charge in [-0.05, 0) is 18.6 Å². The van der Waals surface area contributed by atoms with Gasteiger partial charge in [0.1, 0.15) is 5.82 Å². The van der Waals surface area contributed by atoms with Crippen molar-refractivity contribution in [2.45, 2.75) is 24.2 Å². The third-order valence-electron chi connectivity index (χ3n) is 2.72. The normalized spacial score (nSPS) is 10.3. The Morgan fingerprint density at radius 2 is 2.00 bits per heavy atom. The molecule has 1 N–H and O–H groups in total. The van der Waals surface area contributed by atoms with Crippen molar-refractivity contribution in [2.75, 3.05) is 19.3 Å². The Balaban J connectivity index is 2.25. The number of hydrogen-bond acceptors (Lipinski definition) is 3. The predicted molar refractivity (Wildman–Crippen MR) is 76.2 cm³/mol. The van der Waals surface area contributed by atoms with Crippen molar-refractivity contribution in [3.8, 4) is 0 Å². The molecule has 110 valence electrons. The third kappa shape index (κ3) is 6.06. The number of rotatable bonds is 8. The van der Waals surface area contributed by atoms with E-state index in [-0.39, 0.29) is 18.1 Å². The van der Waals surface area contributed by atoms with E-state index in [9.17, 15) is 14.0 Å². The van der Waals surface area contributed by atoms with Gasteiger partial charge >= 0.3 is 5.97 Å². The summed E-state index contributed by atoms with van der Waals surface area (Å²) in [4.78, 5) is 24.2. The standard InChI is InChI=1S/C14H18FNO3S/c1-16(9-4-7-14(18)19)13(17)8-10-20-12-6-3-2-5-11(12)15/h2-3,5-6H,4,7-10H2,1H3,(H,18,19). The first-order valence-electron chi connectivity index (χ1n) is 6.34. The summed E-state index contributed by atoms with van der Waals surface area (Å²) in [5, 5.41) is 8.52. The van der Waals surface area contributed by atoms with Gasteiger partial charge in [0.15, 0.2) is 0 Å². The molecule has 0 bridgehead atoms. The van der Waals surface area contributed by atoms with E-state index in [0.29, 0.717) is 30.0 Å². The molecule has 0 aliphatic carbocycles. The maximum atomic E-state index is 13.3. The molecule has 0 fully saturated rings. The van der Waals surface area contributed by atoms with Crippen LogP contribution in [0.25, 0.3) is 0 Å². The fraction of sp³-hybridized carbons (Fsp3) is 0.429. The molecule has 0 unspecified atom stereocenters. The Morgan fingerprint density at radius 1 is 1.30 bits per heavy atom. The lowest BCUT2D eigenvalue weighted by atomic mass is 10.3. The molecule has 1 aromatic carbocycles. The predicted octanol–water partition coefficient (Wildman–Crippen LogP) is 2.63. The fourth-order valence-corrected chi connectivity index (χ4v) is 2.47.